The van der Waals surface area contributed by atoms with Crippen molar-refractivity contribution in [3.63, 3.8) is 0 Å². The van der Waals surface area contributed by atoms with Crippen molar-refractivity contribution in [3.8, 4) is 0 Å². The molecule has 0 aliphatic carbocycles. The Balaban J connectivity index is 1.52. The van der Waals surface area contributed by atoms with Gasteiger partial charge in [0.25, 0.3) is 10.0 Å². The Kier molecular flexibility index (Phi) is 6.24. The molecule has 0 N–H and O–H groups in total. The van der Waals surface area contributed by atoms with Crippen molar-refractivity contribution >= 4 is 27.1 Å². The van der Waals surface area contributed by atoms with Gasteiger partial charge in [-0.15, -0.1) is 11.3 Å². The fraction of sp³-hybridized carbons (Fsp3) is 0.421. The lowest BCUT2D eigenvalue weighted by atomic mass is 10.1. The number of ketones is 1. The highest BCUT2D eigenvalue weighted by molar-refractivity contribution is 7.91. The first-order chi connectivity index (χ1) is 12.5. The van der Waals surface area contributed by atoms with Crippen LogP contribution in [0.4, 0.5) is 0 Å². The van der Waals surface area contributed by atoms with Crippen molar-refractivity contribution in [2.24, 2.45) is 0 Å². The summed E-state index contributed by atoms with van der Waals surface area (Å²) in [5, 5.41) is 0. The SMILES string of the molecule is CCc1ccc(S(=O)(=O)N2CCN(CCC(=O)c3ccccc3)CC2)s1. The smallest absolute Gasteiger partial charge is 0.252 e. The number of sulfonamides is 1. The minimum Gasteiger partial charge on any atom is -0.300 e. The predicted molar refractivity (Wildman–Crippen MR) is 104 cm³/mol. The summed E-state index contributed by atoms with van der Waals surface area (Å²) in [4.78, 5) is 15.4. The van der Waals surface area contributed by atoms with Crippen LogP contribution in [0, 0.1) is 0 Å². The lowest BCUT2D eigenvalue weighted by molar-refractivity contribution is 0.0952. The van der Waals surface area contributed by atoms with Gasteiger partial charge in [-0.05, 0) is 18.6 Å². The number of Topliss-reactive ketones (excluding diaryl/α,β-unsaturated/α-hetero) is 1. The third kappa shape index (κ3) is 4.40. The largest absolute Gasteiger partial charge is 0.300 e. The molecule has 1 fully saturated rings. The summed E-state index contributed by atoms with van der Waals surface area (Å²) >= 11 is 1.36. The van der Waals surface area contributed by atoms with Crippen LogP contribution in [0.5, 0.6) is 0 Å². The third-order valence-electron chi connectivity index (χ3n) is 4.66. The van der Waals surface area contributed by atoms with E-state index in [1.165, 1.54) is 11.3 Å². The molecule has 0 amide bonds. The summed E-state index contributed by atoms with van der Waals surface area (Å²) in [5.41, 5.74) is 0.734. The quantitative estimate of drug-likeness (QED) is 0.680. The number of thiophene rings is 1. The molecule has 0 saturated carbocycles. The highest BCUT2D eigenvalue weighted by atomic mass is 32.2. The zero-order valence-corrected chi connectivity index (χ0v) is 16.6. The topological polar surface area (TPSA) is 57.7 Å². The lowest BCUT2D eigenvalue weighted by Crippen LogP contribution is -2.48. The van der Waals surface area contributed by atoms with Gasteiger partial charge in [0.2, 0.25) is 0 Å². The van der Waals surface area contributed by atoms with E-state index in [1.54, 1.807) is 10.4 Å². The number of benzene rings is 1. The van der Waals surface area contributed by atoms with Gasteiger partial charge in [-0.3, -0.25) is 4.79 Å². The molecule has 1 aliphatic rings. The van der Waals surface area contributed by atoms with E-state index in [9.17, 15) is 13.2 Å². The van der Waals surface area contributed by atoms with Crippen molar-refractivity contribution in [2.45, 2.75) is 24.0 Å². The average molecular weight is 393 g/mol. The first-order valence-corrected chi connectivity index (χ1v) is 11.2. The van der Waals surface area contributed by atoms with Crippen LogP contribution in [0.2, 0.25) is 0 Å². The van der Waals surface area contributed by atoms with Crippen molar-refractivity contribution in [2.75, 3.05) is 32.7 Å². The summed E-state index contributed by atoms with van der Waals surface area (Å²) in [7, 11) is -3.39. The van der Waals surface area contributed by atoms with Crippen molar-refractivity contribution < 1.29 is 13.2 Å². The van der Waals surface area contributed by atoms with Crippen LogP contribution in [-0.4, -0.2) is 56.1 Å². The number of rotatable bonds is 7. The standard InChI is InChI=1S/C19H24N2O3S2/c1-2-17-8-9-19(25-17)26(23,24)21-14-12-20(13-15-21)11-10-18(22)16-6-4-3-5-7-16/h3-9H,2,10-15H2,1H3. The van der Waals surface area contributed by atoms with E-state index in [1.807, 2.05) is 43.3 Å². The number of nitrogens with zero attached hydrogens (tertiary/aromatic N) is 2. The molecule has 1 aromatic carbocycles. The van der Waals surface area contributed by atoms with E-state index >= 15 is 0 Å². The maximum absolute atomic E-state index is 12.7. The molecule has 0 bridgehead atoms. The number of hydrogen-bond acceptors (Lipinski definition) is 5. The monoisotopic (exact) mass is 392 g/mol. The number of carbonyl (C=O) groups is 1. The Morgan fingerprint density at radius 3 is 2.35 bits per heavy atom. The Morgan fingerprint density at radius 1 is 1.04 bits per heavy atom. The van der Waals surface area contributed by atoms with Crippen LogP contribution in [0.25, 0.3) is 0 Å². The van der Waals surface area contributed by atoms with E-state index in [4.69, 9.17) is 0 Å². The van der Waals surface area contributed by atoms with Crippen molar-refractivity contribution in [3.05, 3.63) is 52.9 Å². The van der Waals surface area contributed by atoms with Gasteiger partial charge in [0, 0.05) is 49.6 Å². The van der Waals surface area contributed by atoms with Crippen LogP contribution in [0.15, 0.2) is 46.7 Å². The molecule has 2 heterocycles. The normalized spacial score (nSPS) is 16.7. The van der Waals surface area contributed by atoms with Gasteiger partial charge in [-0.25, -0.2) is 8.42 Å². The van der Waals surface area contributed by atoms with E-state index in [2.05, 4.69) is 4.90 Å². The molecule has 140 valence electrons. The molecule has 5 nitrogen and oxygen atoms in total. The molecule has 1 aromatic heterocycles. The Bertz CT molecular complexity index is 839. The number of piperazine rings is 1. The Hall–Kier alpha value is -1.54. The zero-order chi connectivity index (χ0) is 18.6. The second kappa shape index (κ2) is 8.43. The molecule has 1 aliphatic heterocycles. The molecule has 0 radical (unpaired) electrons. The molecule has 0 spiro atoms. The second-order valence-corrected chi connectivity index (χ2v) is 9.69. The van der Waals surface area contributed by atoms with Gasteiger partial charge in [0.1, 0.15) is 4.21 Å². The molecule has 0 unspecified atom stereocenters. The van der Waals surface area contributed by atoms with Crippen LogP contribution < -0.4 is 0 Å². The summed E-state index contributed by atoms with van der Waals surface area (Å²) in [6.45, 7) is 4.96. The first-order valence-electron chi connectivity index (χ1n) is 8.90. The van der Waals surface area contributed by atoms with E-state index in [0.717, 1.165) is 16.9 Å². The van der Waals surface area contributed by atoms with Crippen molar-refractivity contribution in [1.82, 2.24) is 9.21 Å². The maximum atomic E-state index is 12.7. The van der Waals surface area contributed by atoms with E-state index in [0.29, 0.717) is 43.4 Å². The molecule has 1 saturated heterocycles. The van der Waals surface area contributed by atoms with Crippen LogP contribution in [-0.2, 0) is 16.4 Å². The van der Waals surface area contributed by atoms with Gasteiger partial charge in [0.05, 0.1) is 0 Å². The fourth-order valence-corrected chi connectivity index (χ4v) is 5.91. The number of hydrogen-bond donors (Lipinski definition) is 0. The molecule has 0 atom stereocenters. The zero-order valence-electron chi connectivity index (χ0n) is 14.9. The maximum Gasteiger partial charge on any atom is 0.252 e. The van der Waals surface area contributed by atoms with Gasteiger partial charge in [0.15, 0.2) is 5.78 Å². The van der Waals surface area contributed by atoms with Gasteiger partial charge in [-0.2, -0.15) is 4.31 Å². The van der Waals surface area contributed by atoms with Crippen LogP contribution in [0.1, 0.15) is 28.6 Å². The predicted octanol–water partition coefficient (Wildman–Crippen LogP) is 2.89. The Labute approximate surface area is 159 Å². The highest BCUT2D eigenvalue weighted by Gasteiger charge is 2.29. The number of aryl methyl sites for hydroxylation is 1. The average Bonchev–Trinajstić information content (AvgIpc) is 3.17. The highest BCUT2D eigenvalue weighted by Crippen LogP contribution is 2.26. The molecule has 7 heteroatoms. The molecular weight excluding hydrogens is 368 g/mol. The molecular formula is C19H24N2O3S2. The Morgan fingerprint density at radius 2 is 1.73 bits per heavy atom. The van der Waals surface area contributed by atoms with Crippen LogP contribution in [0.3, 0.4) is 0 Å². The summed E-state index contributed by atoms with van der Waals surface area (Å²) in [6.07, 6.45) is 1.31. The third-order valence-corrected chi connectivity index (χ3v) is 8.26. The van der Waals surface area contributed by atoms with Gasteiger partial charge in [-0.1, -0.05) is 37.3 Å². The molecule has 3 rings (SSSR count). The first kappa shape index (κ1) is 19.2. The minimum absolute atomic E-state index is 0.131. The summed E-state index contributed by atoms with van der Waals surface area (Å²) < 4.78 is 27.5. The molecule has 26 heavy (non-hydrogen) atoms. The van der Waals surface area contributed by atoms with Gasteiger partial charge >= 0.3 is 0 Å². The number of carbonyl (C=O) groups excluding carboxylic acids is 1. The molecule has 2 aromatic rings. The van der Waals surface area contributed by atoms with E-state index in [-0.39, 0.29) is 5.78 Å². The lowest BCUT2D eigenvalue weighted by Gasteiger charge is -2.33. The minimum atomic E-state index is -3.39. The van der Waals surface area contributed by atoms with Gasteiger partial charge < -0.3 is 4.90 Å². The fourth-order valence-electron chi connectivity index (χ4n) is 3.04. The van der Waals surface area contributed by atoms with E-state index < -0.39 is 10.0 Å². The van der Waals surface area contributed by atoms with Crippen LogP contribution >= 0.6 is 11.3 Å². The summed E-state index contributed by atoms with van der Waals surface area (Å²) in [6, 6.07) is 12.9. The second-order valence-electron chi connectivity index (χ2n) is 6.36. The van der Waals surface area contributed by atoms with Crippen molar-refractivity contribution in [1.29, 1.82) is 0 Å². The summed E-state index contributed by atoms with van der Waals surface area (Å²) in [5.74, 6) is 0.131.